The Balaban J connectivity index is 0.00000126. The van der Waals surface area contributed by atoms with E-state index in [4.69, 9.17) is 20.9 Å². The van der Waals surface area contributed by atoms with E-state index in [0.29, 0.717) is 61.0 Å². The van der Waals surface area contributed by atoms with Gasteiger partial charge in [0.2, 0.25) is 30.5 Å². The van der Waals surface area contributed by atoms with E-state index < -0.39 is 23.9 Å². The molecular formula is C45H69N13O9Y. The number of likely N-dealkylation sites (N-methyl/N-ethyl adjacent to an activating group) is 3. The van der Waals surface area contributed by atoms with Gasteiger partial charge in [0.05, 0.1) is 24.0 Å². The molecule has 2 aliphatic heterocycles. The summed E-state index contributed by atoms with van der Waals surface area (Å²) in [6.45, 7) is 11.9. The number of primary amides is 1. The molecule has 0 bridgehead atoms. The molecule has 22 nitrogen and oxygen atoms in total. The third-order valence-corrected chi connectivity index (χ3v) is 10.6. The Bertz CT molecular complexity index is 2100. The minimum absolute atomic E-state index is 0. The molecule has 5 rings (SSSR count). The van der Waals surface area contributed by atoms with Gasteiger partial charge in [-0.3, -0.25) is 28.5 Å². The van der Waals surface area contributed by atoms with Crippen LogP contribution >= 0.6 is 0 Å². The van der Waals surface area contributed by atoms with Gasteiger partial charge in [0.25, 0.3) is 0 Å². The Hall–Kier alpha value is -5.76. The summed E-state index contributed by atoms with van der Waals surface area (Å²) in [6.07, 6.45) is 8.29. The topological polar surface area (TPSA) is 282 Å². The smallest absolute Gasteiger partial charge is 0.409 e. The second-order valence-electron chi connectivity index (χ2n) is 16.2. The van der Waals surface area contributed by atoms with Crippen molar-refractivity contribution < 1.29 is 76.2 Å². The number of ether oxygens (including phenoxy) is 1. The number of hydrogen-bond donors (Lipinski definition) is 5. The van der Waals surface area contributed by atoms with Crippen LogP contribution < -0.4 is 26.7 Å². The fourth-order valence-electron chi connectivity index (χ4n) is 6.85. The molecule has 2 aromatic heterocycles. The molecule has 1 radical (unpaired) electrons. The van der Waals surface area contributed by atoms with Crippen LogP contribution in [0.25, 0.3) is 11.0 Å². The van der Waals surface area contributed by atoms with Gasteiger partial charge in [-0.15, -0.1) is 0 Å². The zero-order valence-electron chi connectivity index (χ0n) is 40.6. The second-order valence-corrected chi connectivity index (χ2v) is 16.2. The van der Waals surface area contributed by atoms with Gasteiger partial charge in [-0.25, -0.2) is 25.0 Å². The maximum absolute atomic E-state index is 13.4. The summed E-state index contributed by atoms with van der Waals surface area (Å²) < 4.78 is 6.90. The van der Waals surface area contributed by atoms with Gasteiger partial charge in [-0.05, 0) is 55.9 Å². The molecule has 7 amide bonds. The van der Waals surface area contributed by atoms with Crippen LogP contribution in [0, 0.1) is 17.2 Å². The first-order valence-corrected chi connectivity index (χ1v) is 22.3. The molecule has 2 saturated heterocycles. The zero-order valence-corrected chi connectivity index (χ0v) is 43.4. The van der Waals surface area contributed by atoms with Crippen LogP contribution in [0.15, 0.2) is 42.9 Å². The van der Waals surface area contributed by atoms with Crippen LogP contribution in [0.1, 0.15) is 78.7 Å². The van der Waals surface area contributed by atoms with Crippen molar-refractivity contribution in [3.63, 3.8) is 0 Å². The number of piperidine rings is 1. The number of nitrogens with zero attached hydrogens (tertiary/aromatic N) is 9. The summed E-state index contributed by atoms with van der Waals surface area (Å²) >= 11 is 0. The summed E-state index contributed by atoms with van der Waals surface area (Å²) in [7, 11) is 5.17. The number of aromatic nitrogens is 3. The number of nitrogens with one attached hydrogen (secondary N) is 3. The quantitative estimate of drug-likeness (QED) is 0.102. The molecule has 6 N–H and O–H groups in total. The second kappa shape index (κ2) is 32.1. The first kappa shape index (κ1) is 60.3. The number of fused-ring (bicyclic) bond motifs is 1. The molecule has 4 heterocycles. The average molecular weight is 1030 g/mol. The van der Waals surface area contributed by atoms with E-state index in [2.05, 4.69) is 46.3 Å². The van der Waals surface area contributed by atoms with Crippen LogP contribution in [0.2, 0.25) is 0 Å². The molecule has 68 heavy (non-hydrogen) atoms. The summed E-state index contributed by atoms with van der Waals surface area (Å²) in [6, 6.07) is 9.42. The summed E-state index contributed by atoms with van der Waals surface area (Å²) in [4.78, 5) is 100. The van der Waals surface area contributed by atoms with Crippen molar-refractivity contribution >= 4 is 65.2 Å². The zero-order chi connectivity index (χ0) is 50.1. The molecule has 0 saturated carbocycles. The Morgan fingerprint density at radius 3 is 2.22 bits per heavy atom. The number of benzene rings is 1. The van der Waals surface area contributed by atoms with Crippen LogP contribution in [0.5, 0.6) is 0 Å². The number of hydroxylamine groups is 1. The Labute approximate surface area is 424 Å². The molecule has 2 aliphatic rings. The maximum atomic E-state index is 13.4. The minimum atomic E-state index is -0.568. The number of rotatable bonds is 16. The number of nitrogens with two attached hydrogens (primary N) is 1. The molecule has 371 valence electrons. The van der Waals surface area contributed by atoms with E-state index in [1.807, 2.05) is 31.6 Å². The summed E-state index contributed by atoms with van der Waals surface area (Å²) in [5, 5.41) is 21.7. The van der Waals surface area contributed by atoms with Gasteiger partial charge in [0, 0.05) is 117 Å². The molecule has 1 aromatic carbocycles. The van der Waals surface area contributed by atoms with Gasteiger partial charge in [0.1, 0.15) is 24.8 Å². The predicted molar refractivity (Wildman–Crippen MR) is 251 cm³/mol. The number of anilines is 2. The first-order chi connectivity index (χ1) is 32.0. The molecule has 0 aliphatic carbocycles. The predicted octanol–water partition coefficient (Wildman–Crippen LogP) is 3.14. The molecule has 3 aromatic rings. The van der Waals surface area contributed by atoms with Gasteiger partial charge >= 0.3 is 12.1 Å². The number of hydrogen-bond acceptors (Lipinski definition) is 14. The van der Waals surface area contributed by atoms with Crippen molar-refractivity contribution in [2.75, 3.05) is 70.6 Å². The molecule has 0 spiro atoms. The van der Waals surface area contributed by atoms with Crippen molar-refractivity contribution in [2.24, 2.45) is 11.7 Å². The summed E-state index contributed by atoms with van der Waals surface area (Å²) in [5.41, 5.74) is 8.33. The minimum Gasteiger partial charge on any atom is -0.445 e. The van der Waals surface area contributed by atoms with Crippen LogP contribution in [-0.2, 0) is 68.0 Å². The Kier molecular flexibility index (Phi) is 28.4. The van der Waals surface area contributed by atoms with Gasteiger partial charge in [-0.1, -0.05) is 46.2 Å². The van der Waals surface area contributed by atoms with Gasteiger partial charge in [0.15, 0.2) is 5.65 Å². The fourth-order valence-corrected chi connectivity index (χ4v) is 6.85. The van der Waals surface area contributed by atoms with Crippen molar-refractivity contribution in [2.45, 2.75) is 97.9 Å². The van der Waals surface area contributed by atoms with Crippen LogP contribution in [0.3, 0.4) is 0 Å². The SMILES string of the molecule is CC(CC(N)=O)NO.CC1CCN(C=O)CC1N(C)c1ncnc2c1ccn2C(=O)N(C)CCN(C)C(=O)OCc1ccc(NC(=O)CNC(=O)C2CCCN2C=O)cc1.CCC.CCC#N.[Y]. The molecular weight excluding hydrogens is 955 g/mol. The van der Waals surface area contributed by atoms with E-state index in [1.165, 1.54) is 32.0 Å². The van der Waals surface area contributed by atoms with E-state index in [9.17, 15) is 33.6 Å². The van der Waals surface area contributed by atoms with E-state index >= 15 is 0 Å². The largest absolute Gasteiger partial charge is 0.445 e. The molecule has 4 unspecified atom stereocenters. The monoisotopic (exact) mass is 1020 g/mol. The first-order valence-electron chi connectivity index (χ1n) is 22.3. The van der Waals surface area contributed by atoms with E-state index in [0.717, 1.165) is 31.2 Å². The van der Waals surface area contributed by atoms with Gasteiger partial charge in [-0.2, -0.15) is 5.26 Å². The number of amides is 7. The number of nitriles is 1. The third kappa shape index (κ3) is 19.5. The number of carbonyl (C=O) groups excluding carboxylic acids is 7. The third-order valence-electron chi connectivity index (χ3n) is 10.6. The normalized spacial score (nSPS) is 16.2. The maximum Gasteiger partial charge on any atom is 0.409 e. The van der Waals surface area contributed by atoms with Crippen LogP contribution in [0.4, 0.5) is 21.1 Å². The van der Waals surface area contributed by atoms with E-state index in [1.54, 1.807) is 56.4 Å². The van der Waals surface area contributed by atoms with E-state index in [-0.39, 0.29) is 89.4 Å². The molecule has 2 fully saturated rings. The van der Waals surface area contributed by atoms with Crippen LogP contribution in [-0.4, -0.2) is 161 Å². The standard InChI is InChI=1S/C35H46N10O7.C4H10N2O2.C3H5N.C3H8.Y/c1-24-11-14-43(22-46)19-29(24)42(4)31-27-12-15-45(32(27)38-21-37-31)34(50)40(2)16-17-41(3)35(51)52-20-25-7-9-26(10-8-25)39-30(48)18-36-33(49)28-6-5-13-44(28)23-47;1-3(6-8)2-4(5)7;1-2-3-4;1-3-2;/h7-10,12,15,21-24,28-29H,5-6,11,13-14,16-20H2,1-4H3,(H,36,49)(H,39,48);3,6,8H,2H2,1H3,(H2,5,7);2H2,1H3;3H2,1-2H3;. The number of likely N-dealkylation sites (tertiary alicyclic amines) is 2. The van der Waals surface area contributed by atoms with Crippen molar-refractivity contribution in [3.05, 3.63) is 48.4 Å². The Morgan fingerprint density at radius 1 is 1.00 bits per heavy atom. The summed E-state index contributed by atoms with van der Waals surface area (Å²) in [5.74, 6) is -0.167. The van der Waals surface area contributed by atoms with Crippen molar-refractivity contribution in [3.8, 4) is 6.07 Å². The molecule has 4 atom stereocenters. The van der Waals surface area contributed by atoms with Gasteiger partial charge < -0.3 is 50.8 Å². The van der Waals surface area contributed by atoms with Crippen molar-refractivity contribution in [1.82, 2.24) is 44.9 Å². The fraction of sp³-hybridized carbons (Fsp3) is 0.556. The Morgan fingerprint density at radius 2 is 1.65 bits per heavy atom. The number of carbonyl (C=O) groups is 7. The molecule has 23 heteroatoms. The average Bonchev–Trinajstić information content (AvgIpc) is 4.00. The van der Waals surface area contributed by atoms with Crippen molar-refractivity contribution in [1.29, 1.82) is 5.26 Å².